The molecule has 0 aromatic heterocycles. The number of carbonyl (C=O) groups excluding carboxylic acids is 3. The van der Waals surface area contributed by atoms with Crippen molar-refractivity contribution in [3.63, 3.8) is 0 Å². The molecule has 0 spiro atoms. The van der Waals surface area contributed by atoms with Crippen molar-refractivity contribution < 1.29 is 19.1 Å². The lowest BCUT2D eigenvalue weighted by molar-refractivity contribution is -0.127. The van der Waals surface area contributed by atoms with Gasteiger partial charge < -0.3 is 21.1 Å². The van der Waals surface area contributed by atoms with Crippen LogP contribution < -0.4 is 21.1 Å². The quantitative estimate of drug-likeness (QED) is 0.675. The molecule has 4 N–H and O–H groups in total. The number of hydrogen-bond donors (Lipinski definition) is 3. The standard InChI is InChI=1S/C14H18ClN3O4/c1-8(2)18-12(19)6-17-13(20)7-22-11-4-3-9(15)5-10(11)14(16)21/h3-5,8H,6-7H2,1-2H3,(H2,16,21)(H,17,20)(H,18,19). The number of ether oxygens (including phenoxy) is 1. The van der Waals surface area contributed by atoms with Gasteiger partial charge in [-0.3, -0.25) is 14.4 Å². The van der Waals surface area contributed by atoms with Crippen LogP contribution in [-0.2, 0) is 9.59 Å². The van der Waals surface area contributed by atoms with Crippen molar-refractivity contribution in [2.75, 3.05) is 13.2 Å². The van der Waals surface area contributed by atoms with E-state index in [9.17, 15) is 14.4 Å². The minimum atomic E-state index is -0.714. The maximum Gasteiger partial charge on any atom is 0.258 e. The van der Waals surface area contributed by atoms with Gasteiger partial charge >= 0.3 is 0 Å². The van der Waals surface area contributed by atoms with Gasteiger partial charge in [-0.1, -0.05) is 11.6 Å². The van der Waals surface area contributed by atoms with Crippen molar-refractivity contribution in [3.05, 3.63) is 28.8 Å². The molecule has 1 rings (SSSR count). The van der Waals surface area contributed by atoms with Gasteiger partial charge in [-0.15, -0.1) is 0 Å². The summed E-state index contributed by atoms with van der Waals surface area (Å²) in [6, 6.07) is 4.30. The molecule has 0 aliphatic carbocycles. The van der Waals surface area contributed by atoms with Gasteiger partial charge in [0, 0.05) is 11.1 Å². The molecule has 0 aliphatic heterocycles. The van der Waals surface area contributed by atoms with E-state index in [0.29, 0.717) is 5.02 Å². The van der Waals surface area contributed by atoms with Crippen molar-refractivity contribution in [1.82, 2.24) is 10.6 Å². The van der Waals surface area contributed by atoms with E-state index in [0.717, 1.165) is 0 Å². The molecule has 0 radical (unpaired) electrons. The van der Waals surface area contributed by atoms with Crippen molar-refractivity contribution in [2.24, 2.45) is 5.73 Å². The molecular formula is C14H18ClN3O4. The Morgan fingerprint density at radius 1 is 1.27 bits per heavy atom. The van der Waals surface area contributed by atoms with Crippen LogP contribution in [0.25, 0.3) is 0 Å². The van der Waals surface area contributed by atoms with E-state index in [4.69, 9.17) is 22.1 Å². The molecule has 0 bridgehead atoms. The van der Waals surface area contributed by atoms with Crippen LogP contribution in [0.5, 0.6) is 5.75 Å². The maximum absolute atomic E-state index is 11.6. The first-order chi connectivity index (χ1) is 10.3. The molecule has 0 heterocycles. The fraction of sp³-hybridized carbons (Fsp3) is 0.357. The number of benzene rings is 1. The Kier molecular flexibility index (Phi) is 6.65. The average molecular weight is 328 g/mol. The summed E-state index contributed by atoms with van der Waals surface area (Å²) in [4.78, 5) is 34.2. The van der Waals surface area contributed by atoms with Crippen LogP contribution in [0.15, 0.2) is 18.2 Å². The van der Waals surface area contributed by atoms with Gasteiger partial charge in [0.1, 0.15) is 5.75 Å². The number of hydrogen-bond acceptors (Lipinski definition) is 4. The third-order valence-corrected chi connectivity index (χ3v) is 2.70. The molecule has 0 saturated heterocycles. The molecule has 3 amide bonds. The van der Waals surface area contributed by atoms with E-state index in [1.165, 1.54) is 18.2 Å². The summed E-state index contributed by atoms with van der Waals surface area (Å²) in [7, 11) is 0. The van der Waals surface area contributed by atoms with E-state index < -0.39 is 11.8 Å². The zero-order valence-electron chi connectivity index (χ0n) is 12.3. The summed E-state index contributed by atoms with van der Waals surface area (Å²) in [5.41, 5.74) is 5.28. The average Bonchev–Trinajstić information content (AvgIpc) is 2.42. The number of nitrogens with two attached hydrogens (primary N) is 1. The van der Waals surface area contributed by atoms with Gasteiger partial charge in [-0.25, -0.2) is 0 Å². The summed E-state index contributed by atoms with van der Waals surface area (Å²) >= 11 is 5.76. The summed E-state index contributed by atoms with van der Waals surface area (Å²) in [5, 5.41) is 5.36. The van der Waals surface area contributed by atoms with Gasteiger partial charge in [0.15, 0.2) is 6.61 Å². The van der Waals surface area contributed by atoms with Crippen LogP contribution in [0.4, 0.5) is 0 Å². The number of amides is 3. The van der Waals surface area contributed by atoms with E-state index in [1.54, 1.807) is 0 Å². The predicted octanol–water partition coefficient (Wildman–Crippen LogP) is 0.458. The molecule has 7 nitrogen and oxygen atoms in total. The Bertz CT molecular complexity index is 575. The third kappa shape index (κ3) is 6.01. The largest absolute Gasteiger partial charge is 0.483 e. The van der Waals surface area contributed by atoms with Crippen molar-refractivity contribution in [2.45, 2.75) is 19.9 Å². The highest BCUT2D eigenvalue weighted by molar-refractivity contribution is 6.31. The molecule has 0 fully saturated rings. The van der Waals surface area contributed by atoms with Crippen molar-refractivity contribution >= 4 is 29.3 Å². The van der Waals surface area contributed by atoms with Crippen LogP contribution in [0.3, 0.4) is 0 Å². The molecule has 0 aliphatic rings. The number of nitrogens with one attached hydrogen (secondary N) is 2. The molecule has 1 aromatic rings. The number of rotatable bonds is 7. The van der Waals surface area contributed by atoms with Crippen molar-refractivity contribution in [3.8, 4) is 5.75 Å². The molecule has 120 valence electrons. The first-order valence-electron chi connectivity index (χ1n) is 6.57. The Morgan fingerprint density at radius 3 is 2.55 bits per heavy atom. The molecule has 0 saturated carbocycles. The first kappa shape index (κ1) is 17.8. The van der Waals surface area contributed by atoms with E-state index in [1.807, 2.05) is 13.8 Å². The van der Waals surface area contributed by atoms with Gasteiger partial charge in [0.05, 0.1) is 12.1 Å². The second kappa shape index (κ2) is 8.23. The van der Waals surface area contributed by atoms with E-state index in [-0.39, 0.29) is 36.4 Å². The zero-order valence-corrected chi connectivity index (χ0v) is 13.1. The second-order valence-corrected chi connectivity index (χ2v) is 5.23. The number of primary amides is 1. The normalized spacial score (nSPS) is 10.2. The molecule has 0 atom stereocenters. The lowest BCUT2D eigenvalue weighted by Crippen LogP contribution is -2.41. The molecule has 0 unspecified atom stereocenters. The van der Waals surface area contributed by atoms with Gasteiger partial charge in [0.25, 0.3) is 11.8 Å². The smallest absolute Gasteiger partial charge is 0.258 e. The maximum atomic E-state index is 11.6. The van der Waals surface area contributed by atoms with Crippen LogP contribution >= 0.6 is 11.6 Å². The summed E-state index contributed by atoms with van der Waals surface area (Å²) in [5.74, 6) is -1.36. The van der Waals surface area contributed by atoms with Gasteiger partial charge in [-0.05, 0) is 32.0 Å². The van der Waals surface area contributed by atoms with E-state index >= 15 is 0 Å². The number of halogens is 1. The Morgan fingerprint density at radius 2 is 1.95 bits per heavy atom. The molecule has 8 heteroatoms. The molecule has 1 aromatic carbocycles. The lowest BCUT2D eigenvalue weighted by Gasteiger charge is -2.11. The SMILES string of the molecule is CC(C)NC(=O)CNC(=O)COc1ccc(Cl)cc1C(N)=O. The minimum Gasteiger partial charge on any atom is -0.483 e. The predicted molar refractivity (Wildman–Crippen MR) is 81.8 cm³/mol. The highest BCUT2D eigenvalue weighted by Gasteiger charge is 2.12. The number of carbonyl (C=O) groups is 3. The summed E-state index contributed by atoms with van der Waals surface area (Å²) in [6.45, 7) is 3.13. The van der Waals surface area contributed by atoms with E-state index in [2.05, 4.69) is 10.6 Å². The fourth-order valence-corrected chi connectivity index (χ4v) is 1.74. The highest BCUT2D eigenvalue weighted by atomic mass is 35.5. The van der Waals surface area contributed by atoms with Crippen molar-refractivity contribution in [1.29, 1.82) is 0 Å². The van der Waals surface area contributed by atoms with Gasteiger partial charge in [-0.2, -0.15) is 0 Å². The van der Waals surface area contributed by atoms with Crippen LogP contribution in [-0.4, -0.2) is 36.9 Å². The highest BCUT2D eigenvalue weighted by Crippen LogP contribution is 2.22. The minimum absolute atomic E-state index is 0.00663. The second-order valence-electron chi connectivity index (χ2n) is 4.79. The fourth-order valence-electron chi connectivity index (χ4n) is 1.57. The molecule has 22 heavy (non-hydrogen) atoms. The summed E-state index contributed by atoms with van der Waals surface area (Å²) in [6.07, 6.45) is 0. The molecular weight excluding hydrogens is 310 g/mol. The van der Waals surface area contributed by atoms with Gasteiger partial charge in [0.2, 0.25) is 5.91 Å². The Labute approximate surface area is 133 Å². The first-order valence-corrected chi connectivity index (χ1v) is 6.95. The monoisotopic (exact) mass is 327 g/mol. The van der Waals surface area contributed by atoms with Crippen LogP contribution in [0.2, 0.25) is 5.02 Å². The topological polar surface area (TPSA) is 111 Å². The zero-order chi connectivity index (χ0) is 16.7. The Hall–Kier alpha value is -2.28. The third-order valence-electron chi connectivity index (χ3n) is 2.46. The van der Waals surface area contributed by atoms with Crippen LogP contribution in [0, 0.1) is 0 Å². The van der Waals surface area contributed by atoms with Crippen LogP contribution in [0.1, 0.15) is 24.2 Å². The Balaban J connectivity index is 2.51. The lowest BCUT2D eigenvalue weighted by atomic mass is 10.2. The summed E-state index contributed by atoms with van der Waals surface area (Å²) < 4.78 is 5.23.